The first kappa shape index (κ1) is 30.2. The zero-order valence-electron chi connectivity index (χ0n) is 23.2. The molecule has 1 saturated carbocycles. The zero-order chi connectivity index (χ0) is 30.2. The van der Waals surface area contributed by atoms with Crippen molar-refractivity contribution in [2.45, 2.75) is 75.5 Å². The van der Waals surface area contributed by atoms with Crippen molar-refractivity contribution >= 4 is 23.3 Å². The molecule has 5 rings (SSSR count). The van der Waals surface area contributed by atoms with Crippen LogP contribution in [0, 0.1) is 17.8 Å². The molecule has 1 aliphatic carbocycles. The Balaban J connectivity index is 1.50. The third kappa shape index (κ3) is 6.70. The third-order valence-electron chi connectivity index (χ3n) is 8.84. The summed E-state index contributed by atoms with van der Waals surface area (Å²) in [4.78, 5) is 30.9. The summed E-state index contributed by atoms with van der Waals surface area (Å²) in [6.07, 6.45) is -3.69. The fourth-order valence-corrected chi connectivity index (χ4v) is 6.36. The summed E-state index contributed by atoms with van der Waals surface area (Å²) < 4.78 is 75.1. The molecule has 2 amide bonds. The molecule has 2 saturated heterocycles. The third-order valence-corrected chi connectivity index (χ3v) is 8.84. The van der Waals surface area contributed by atoms with Gasteiger partial charge in [0.25, 0.3) is 0 Å². The van der Waals surface area contributed by atoms with Crippen LogP contribution in [0.25, 0.3) is 5.65 Å². The molecule has 42 heavy (non-hydrogen) atoms. The van der Waals surface area contributed by atoms with Gasteiger partial charge in [0.15, 0.2) is 5.65 Å². The molecular formula is C27H35F5N6O4. The van der Waals surface area contributed by atoms with Crippen LogP contribution in [0.2, 0.25) is 0 Å². The molecule has 4 heterocycles. The lowest BCUT2D eigenvalue weighted by atomic mass is 9.81. The number of piperidine rings is 1. The van der Waals surface area contributed by atoms with E-state index in [4.69, 9.17) is 4.74 Å². The molecular weight excluding hydrogens is 567 g/mol. The highest BCUT2D eigenvalue weighted by Gasteiger charge is 2.45. The van der Waals surface area contributed by atoms with Gasteiger partial charge in [-0.1, -0.05) is 0 Å². The summed E-state index contributed by atoms with van der Waals surface area (Å²) in [5.41, 5.74) is 1.68. The van der Waals surface area contributed by atoms with Crippen LogP contribution in [-0.4, -0.2) is 76.7 Å². The van der Waals surface area contributed by atoms with Crippen LogP contribution in [-0.2, 0) is 16.0 Å². The first-order chi connectivity index (χ1) is 19.8. The second-order valence-corrected chi connectivity index (χ2v) is 11.6. The molecule has 1 unspecified atom stereocenters. The number of aromatic nitrogens is 3. The van der Waals surface area contributed by atoms with Crippen molar-refractivity contribution in [1.29, 1.82) is 0 Å². The van der Waals surface area contributed by atoms with Gasteiger partial charge in [0.2, 0.25) is 11.8 Å². The largest absolute Gasteiger partial charge is 0.465 e. The number of anilines is 1. The van der Waals surface area contributed by atoms with Crippen LogP contribution >= 0.6 is 0 Å². The number of amides is 2. The Morgan fingerprint density at radius 2 is 1.95 bits per heavy atom. The van der Waals surface area contributed by atoms with Crippen molar-refractivity contribution in [1.82, 2.24) is 25.2 Å². The first-order valence-electron chi connectivity index (χ1n) is 14.2. The molecule has 232 valence electrons. The van der Waals surface area contributed by atoms with E-state index in [1.807, 2.05) is 11.9 Å². The minimum atomic E-state index is -4.44. The highest BCUT2D eigenvalue weighted by Crippen LogP contribution is 2.42. The zero-order valence-corrected chi connectivity index (χ0v) is 23.2. The standard InChI is InChI=1S/C27H35F5N6O4/c1-37(18-4-8-42-9-5-18)21-12-22-34-20(23(35-25(40)41)15-2-6-26(28,29)7-3-15)14-38(22)36-19(21)11-16-10-17(27(30,31)32)13-33-24(16)39/h12,14-18,23,35H,2-11,13H2,1H3,(H,33,39)(H,40,41)/t16?,17-,23+/m1/s1. The summed E-state index contributed by atoms with van der Waals surface area (Å²) in [5.74, 6) is -6.28. The molecule has 2 aliphatic heterocycles. The number of halogens is 5. The van der Waals surface area contributed by atoms with Gasteiger partial charge in [-0.3, -0.25) is 4.79 Å². The fourth-order valence-electron chi connectivity index (χ4n) is 6.36. The molecule has 2 aromatic heterocycles. The second-order valence-electron chi connectivity index (χ2n) is 11.6. The lowest BCUT2D eigenvalue weighted by molar-refractivity contribution is -0.183. The van der Waals surface area contributed by atoms with Crippen LogP contribution in [0.1, 0.15) is 62.4 Å². The van der Waals surface area contributed by atoms with E-state index in [1.165, 1.54) is 10.7 Å². The topological polar surface area (TPSA) is 121 Å². The van der Waals surface area contributed by atoms with E-state index in [1.54, 1.807) is 6.07 Å². The number of fused-ring (bicyclic) bond motifs is 1. The van der Waals surface area contributed by atoms with Crippen LogP contribution < -0.4 is 15.5 Å². The van der Waals surface area contributed by atoms with Crippen molar-refractivity contribution in [3.63, 3.8) is 0 Å². The van der Waals surface area contributed by atoms with Gasteiger partial charge in [-0.05, 0) is 38.0 Å². The maximum atomic E-state index is 13.8. The normalized spacial score (nSPS) is 24.8. The van der Waals surface area contributed by atoms with E-state index in [0.29, 0.717) is 35.9 Å². The van der Waals surface area contributed by atoms with Crippen LogP contribution in [0.5, 0.6) is 0 Å². The van der Waals surface area contributed by atoms with Gasteiger partial charge in [0, 0.05) is 64.1 Å². The Morgan fingerprint density at radius 3 is 2.60 bits per heavy atom. The Morgan fingerprint density at radius 1 is 1.26 bits per heavy atom. The quantitative estimate of drug-likeness (QED) is 0.404. The van der Waals surface area contributed by atoms with E-state index >= 15 is 0 Å². The SMILES string of the molecule is CN(c1cc2nc([C@@H](NC(=O)O)C3CCC(F)(F)CC3)cn2nc1CC1C[C@@H](C(F)(F)F)CNC1=O)C1CCOCC1. The monoisotopic (exact) mass is 602 g/mol. The average molecular weight is 603 g/mol. The van der Waals surface area contributed by atoms with Crippen LogP contribution in [0.15, 0.2) is 12.3 Å². The van der Waals surface area contributed by atoms with Crippen molar-refractivity contribution in [3.05, 3.63) is 23.7 Å². The van der Waals surface area contributed by atoms with Gasteiger partial charge in [-0.2, -0.15) is 18.3 Å². The summed E-state index contributed by atoms with van der Waals surface area (Å²) in [6, 6.07) is 0.942. The molecule has 0 radical (unpaired) electrons. The molecule has 0 bridgehead atoms. The Bertz CT molecular complexity index is 1290. The number of carbonyl (C=O) groups excluding carboxylic acids is 1. The molecule has 0 spiro atoms. The second kappa shape index (κ2) is 11.8. The molecule has 3 N–H and O–H groups in total. The van der Waals surface area contributed by atoms with Gasteiger partial charge in [0.05, 0.1) is 35.2 Å². The Kier molecular flexibility index (Phi) is 8.50. The van der Waals surface area contributed by atoms with Crippen molar-refractivity contribution in [2.75, 3.05) is 31.7 Å². The van der Waals surface area contributed by atoms with E-state index in [2.05, 4.69) is 20.7 Å². The number of rotatable bonds is 7. The highest BCUT2D eigenvalue weighted by atomic mass is 19.4. The fraction of sp³-hybridized carbons (Fsp3) is 0.704. The number of carbonyl (C=O) groups is 2. The van der Waals surface area contributed by atoms with Crippen molar-refractivity contribution in [3.8, 4) is 0 Å². The lowest BCUT2D eigenvalue weighted by Crippen LogP contribution is -2.47. The molecule has 3 aliphatic rings. The molecule has 3 fully saturated rings. The van der Waals surface area contributed by atoms with E-state index in [0.717, 1.165) is 12.8 Å². The minimum Gasteiger partial charge on any atom is -0.465 e. The number of ether oxygens (including phenoxy) is 1. The van der Waals surface area contributed by atoms with Gasteiger partial charge >= 0.3 is 12.3 Å². The number of carboxylic acid groups (broad SMARTS) is 1. The van der Waals surface area contributed by atoms with E-state index in [-0.39, 0.29) is 44.6 Å². The van der Waals surface area contributed by atoms with E-state index < -0.39 is 54.4 Å². The molecule has 10 nitrogen and oxygen atoms in total. The number of hydrogen-bond donors (Lipinski definition) is 3. The van der Waals surface area contributed by atoms with Crippen molar-refractivity contribution < 1.29 is 41.4 Å². The predicted molar refractivity (Wildman–Crippen MR) is 140 cm³/mol. The van der Waals surface area contributed by atoms with Crippen molar-refractivity contribution in [2.24, 2.45) is 17.8 Å². The van der Waals surface area contributed by atoms with Gasteiger partial charge < -0.3 is 25.4 Å². The number of imidazole rings is 1. The smallest absolute Gasteiger partial charge is 0.405 e. The summed E-state index contributed by atoms with van der Waals surface area (Å²) >= 11 is 0. The molecule has 0 aromatic carbocycles. The highest BCUT2D eigenvalue weighted by molar-refractivity contribution is 5.80. The number of hydrogen-bond acceptors (Lipinski definition) is 6. The molecule has 15 heteroatoms. The molecule has 2 aromatic rings. The summed E-state index contributed by atoms with van der Waals surface area (Å²) in [6.45, 7) is 0.639. The number of nitrogens with zero attached hydrogens (tertiary/aromatic N) is 4. The summed E-state index contributed by atoms with van der Waals surface area (Å²) in [5, 5.41) is 19.0. The maximum absolute atomic E-state index is 13.8. The number of alkyl halides is 5. The summed E-state index contributed by atoms with van der Waals surface area (Å²) in [7, 11) is 1.85. The number of nitrogens with one attached hydrogen (secondary N) is 2. The minimum absolute atomic E-state index is 0.0424. The van der Waals surface area contributed by atoms with Crippen LogP contribution in [0.4, 0.5) is 32.4 Å². The van der Waals surface area contributed by atoms with Gasteiger partial charge in [0.1, 0.15) is 0 Å². The van der Waals surface area contributed by atoms with E-state index in [9.17, 15) is 36.6 Å². The molecule has 3 atom stereocenters. The van der Waals surface area contributed by atoms with Gasteiger partial charge in [-0.25, -0.2) is 23.1 Å². The predicted octanol–water partition coefficient (Wildman–Crippen LogP) is 4.34. The van der Waals surface area contributed by atoms with Gasteiger partial charge in [-0.15, -0.1) is 0 Å². The Labute approximate surface area is 239 Å². The first-order valence-corrected chi connectivity index (χ1v) is 14.2. The average Bonchev–Trinajstić information content (AvgIpc) is 3.35. The Hall–Kier alpha value is -3.23. The maximum Gasteiger partial charge on any atom is 0.405 e. The van der Waals surface area contributed by atoms with Crippen LogP contribution in [0.3, 0.4) is 0 Å². The lowest BCUT2D eigenvalue weighted by Gasteiger charge is -2.35.